The van der Waals surface area contributed by atoms with Crippen LogP contribution in [-0.2, 0) is 6.42 Å². The summed E-state index contributed by atoms with van der Waals surface area (Å²) in [6.07, 6.45) is 1.69. The molecule has 1 aromatic carbocycles. The summed E-state index contributed by atoms with van der Waals surface area (Å²) in [5.74, 6) is 1.99. The van der Waals surface area contributed by atoms with E-state index in [2.05, 4.69) is 6.92 Å². The van der Waals surface area contributed by atoms with Gasteiger partial charge in [0, 0.05) is 6.04 Å². The van der Waals surface area contributed by atoms with E-state index in [-0.39, 0.29) is 18.4 Å². The minimum Gasteiger partial charge on any atom is -0.493 e. The third kappa shape index (κ3) is 3.68. The molecular weight excluding hydrogens is 254 g/mol. The molecular formula is C13H22ClNO3. The van der Waals surface area contributed by atoms with E-state index in [9.17, 15) is 0 Å². The number of benzene rings is 1. The van der Waals surface area contributed by atoms with Crippen LogP contribution in [0.4, 0.5) is 0 Å². The third-order valence-electron chi connectivity index (χ3n) is 2.79. The van der Waals surface area contributed by atoms with Crippen LogP contribution >= 0.6 is 12.4 Å². The lowest BCUT2D eigenvalue weighted by Gasteiger charge is -2.17. The number of halogens is 1. The molecule has 0 amide bonds. The van der Waals surface area contributed by atoms with Gasteiger partial charge in [-0.05, 0) is 24.5 Å². The topological polar surface area (TPSA) is 53.7 Å². The molecule has 0 saturated heterocycles. The van der Waals surface area contributed by atoms with E-state index in [1.54, 1.807) is 21.3 Å². The maximum absolute atomic E-state index is 5.96. The molecule has 0 saturated carbocycles. The van der Waals surface area contributed by atoms with Crippen molar-refractivity contribution in [1.82, 2.24) is 0 Å². The fraction of sp³-hybridized carbons (Fsp3) is 0.538. The second-order valence-electron chi connectivity index (χ2n) is 3.87. The van der Waals surface area contributed by atoms with E-state index >= 15 is 0 Å². The number of hydrogen-bond acceptors (Lipinski definition) is 4. The zero-order valence-corrected chi connectivity index (χ0v) is 12.2. The van der Waals surface area contributed by atoms with Gasteiger partial charge in [-0.1, -0.05) is 13.0 Å². The van der Waals surface area contributed by atoms with Gasteiger partial charge in [-0.15, -0.1) is 12.4 Å². The molecule has 2 N–H and O–H groups in total. The van der Waals surface area contributed by atoms with Crippen LogP contribution in [-0.4, -0.2) is 27.4 Å². The van der Waals surface area contributed by atoms with E-state index in [4.69, 9.17) is 19.9 Å². The van der Waals surface area contributed by atoms with E-state index in [1.165, 1.54) is 0 Å². The summed E-state index contributed by atoms with van der Waals surface area (Å²) in [6.45, 7) is 2.07. The lowest BCUT2D eigenvalue weighted by molar-refractivity contribution is 0.321. The molecule has 0 aliphatic carbocycles. The van der Waals surface area contributed by atoms with Crippen LogP contribution in [0, 0.1) is 0 Å². The molecule has 5 heteroatoms. The number of hydrogen-bond donors (Lipinski definition) is 1. The number of rotatable bonds is 6. The average Bonchev–Trinajstić information content (AvgIpc) is 2.37. The Balaban J connectivity index is 0.00000289. The van der Waals surface area contributed by atoms with Crippen molar-refractivity contribution in [2.75, 3.05) is 21.3 Å². The van der Waals surface area contributed by atoms with Gasteiger partial charge in [0.15, 0.2) is 11.5 Å². The van der Waals surface area contributed by atoms with E-state index in [1.807, 2.05) is 12.1 Å². The van der Waals surface area contributed by atoms with E-state index in [0.29, 0.717) is 17.2 Å². The maximum atomic E-state index is 5.96. The molecule has 0 spiro atoms. The number of methoxy groups -OCH3 is 3. The largest absolute Gasteiger partial charge is 0.493 e. The van der Waals surface area contributed by atoms with Crippen molar-refractivity contribution in [3.63, 3.8) is 0 Å². The van der Waals surface area contributed by atoms with Crippen molar-refractivity contribution in [3.05, 3.63) is 17.7 Å². The van der Waals surface area contributed by atoms with Gasteiger partial charge in [0.25, 0.3) is 0 Å². The maximum Gasteiger partial charge on any atom is 0.203 e. The van der Waals surface area contributed by atoms with Crippen LogP contribution in [0.1, 0.15) is 18.9 Å². The van der Waals surface area contributed by atoms with Crippen LogP contribution in [0.25, 0.3) is 0 Å². The smallest absolute Gasteiger partial charge is 0.203 e. The van der Waals surface area contributed by atoms with Crippen LogP contribution < -0.4 is 19.9 Å². The number of ether oxygens (including phenoxy) is 3. The first kappa shape index (κ1) is 16.9. The molecule has 1 rings (SSSR count). The van der Waals surface area contributed by atoms with Gasteiger partial charge < -0.3 is 19.9 Å². The first-order chi connectivity index (χ1) is 8.17. The Morgan fingerprint density at radius 3 is 2.11 bits per heavy atom. The first-order valence-electron chi connectivity index (χ1n) is 5.71. The highest BCUT2D eigenvalue weighted by molar-refractivity contribution is 5.85. The fourth-order valence-corrected chi connectivity index (χ4v) is 1.75. The molecule has 18 heavy (non-hydrogen) atoms. The molecule has 1 unspecified atom stereocenters. The molecule has 0 aliphatic rings. The van der Waals surface area contributed by atoms with Crippen molar-refractivity contribution in [2.24, 2.45) is 5.73 Å². The highest BCUT2D eigenvalue weighted by atomic mass is 35.5. The highest BCUT2D eigenvalue weighted by Gasteiger charge is 2.16. The molecule has 4 nitrogen and oxygen atoms in total. The summed E-state index contributed by atoms with van der Waals surface area (Å²) >= 11 is 0. The van der Waals surface area contributed by atoms with Crippen molar-refractivity contribution >= 4 is 12.4 Å². The van der Waals surface area contributed by atoms with Crippen LogP contribution in [0.3, 0.4) is 0 Å². The normalized spacial score (nSPS) is 11.4. The molecule has 0 aliphatic heterocycles. The van der Waals surface area contributed by atoms with Crippen molar-refractivity contribution < 1.29 is 14.2 Å². The molecule has 0 fully saturated rings. The fourth-order valence-electron chi connectivity index (χ4n) is 1.75. The first-order valence-corrected chi connectivity index (χ1v) is 5.71. The van der Waals surface area contributed by atoms with Gasteiger partial charge in [0.2, 0.25) is 5.75 Å². The van der Waals surface area contributed by atoms with Gasteiger partial charge in [-0.25, -0.2) is 0 Å². The Morgan fingerprint density at radius 1 is 1.06 bits per heavy atom. The average molecular weight is 276 g/mol. The van der Waals surface area contributed by atoms with Gasteiger partial charge in [0.05, 0.1) is 21.3 Å². The molecule has 0 radical (unpaired) electrons. The summed E-state index contributed by atoms with van der Waals surface area (Å²) < 4.78 is 15.9. The molecule has 0 aromatic heterocycles. The monoisotopic (exact) mass is 275 g/mol. The Morgan fingerprint density at radius 2 is 1.67 bits per heavy atom. The van der Waals surface area contributed by atoms with Crippen LogP contribution in [0.15, 0.2) is 12.1 Å². The quantitative estimate of drug-likeness (QED) is 0.866. The number of nitrogens with two attached hydrogens (primary N) is 1. The van der Waals surface area contributed by atoms with Crippen molar-refractivity contribution in [2.45, 2.75) is 25.8 Å². The lowest BCUT2D eigenvalue weighted by Crippen LogP contribution is -2.21. The Kier molecular flexibility index (Phi) is 7.55. The highest BCUT2D eigenvalue weighted by Crippen LogP contribution is 2.40. The summed E-state index contributed by atoms with van der Waals surface area (Å²) in [7, 11) is 4.83. The van der Waals surface area contributed by atoms with Crippen molar-refractivity contribution in [3.8, 4) is 17.2 Å². The van der Waals surface area contributed by atoms with Crippen LogP contribution in [0.2, 0.25) is 0 Å². The SMILES string of the molecule is CCC(N)Cc1ccc(OC)c(OC)c1OC.Cl. The summed E-state index contributed by atoms with van der Waals surface area (Å²) in [6, 6.07) is 3.97. The standard InChI is InChI=1S/C13H21NO3.ClH/c1-5-10(14)8-9-6-7-11(15-2)13(17-4)12(9)16-3;/h6-7,10H,5,8,14H2,1-4H3;1H. The zero-order valence-electron chi connectivity index (χ0n) is 11.4. The second-order valence-corrected chi connectivity index (χ2v) is 3.87. The third-order valence-corrected chi connectivity index (χ3v) is 2.79. The van der Waals surface area contributed by atoms with Crippen LogP contribution in [0.5, 0.6) is 17.2 Å². The summed E-state index contributed by atoms with van der Waals surface area (Å²) in [4.78, 5) is 0. The van der Waals surface area contributed by atoms with E-state index < -0.39 is 0 Å². The minimum absolute atomic E-state index is 0. The Hall–Kier alpha value is -1.13. The van der Waals surface area contributed by atoms with Gasteiger partial charge in [-0.2, -0.15) is 0 Å². The predicted octanol–water partition coefficient (Wildman–Crippen LogP) is 2.41. The predicted molar refractivity (Wildman–Crippen MR) is 75.3 cm³/mol. The summed E-state index contributed by atoms with van der Waals surface area (Å²) in [5.41, 5.74) is 7.00. The van der Waals surface area contributed by atoms with Gasteiger partial charge >= 0.3 is 0 Å². The summed E-state index contributed by atoms with van der Waals surface area (Å²) in [5, 5.41) is 0. The lowest BCUT2D eigenvalue weighted by atomic mass is 10.0. The molecule has 104 valence electrons. The second kappa shape index (κ2) is 8.06. The molecule has 1 aromatic rings. The Bertz CT molecular complexity index is 371. The van der Waals surface area contributed by atoms with Gasteiger partial charge in [-0.3, -0.25) is 0 Å². The molecule has 1 atom stereocenters. The van der Waals surface area contributed by atoms with E-state index in [0.717, 1.165) is 18.4 Å². The minimum atomic E-state index is 0. The molecule has 0 bridgehead atoms. The Labute approximate surface area is 115 Å². The zero-order chi connectivity index (χ0) is 12.8. The molecule has 0 heterocycles. The van der Waals surface area contributed by atoms with Gasteiger partial charge in [0.1, 0.15) is 0 Å². The van der Waals surface area contributed by atoms with Crippen molar-refractivity contribution in [1.29, 1.82) is 0 Å².